The Kier molecular flexibility index (Phi) is 4.29. The summed E-state index contributed by atoms with van der Waals surface area (Å²) in [5, 5.41) is 10.8. The molecule has 0 unspecified atom stereocenters. The number of aromatic nitrogens is 5. The average Bonchev–Trinajstić information content (AvgIpc) is 2.96. The second kappa shape index (κ2) is 6.53. The van der Waals surface area contributed by atoms with Gasteiger partial charge in [-0.1, -0.05) is 41.9 Å². The highest BCUT2D eigenvalue weighted by Gasteiger charge is 2.05. The van der Waals surface area contributed by atoms with Gasteiger partial charge >= 0.3 is 0 Å². The number of nitrogens with zero attached hydrogens (tertiary/aromatic N) is 4. The summed E-state index contributed by atoms with van der Waals surface area (Å²) in [5.41, 5.74) is 0.996. The summed E-state index contributed by atoms with van der Waals surface area (Å²) >= 11 is 5.90. The lowest BCUT2D eigenvalue weighted by Gasteiger charge is -2.05. The van der Waals surface area contributed by atoms with Crippen LogP contribution in [0.25, 0.3) is 11.4 Å². The maximum atomic E-state index is 5.90. The van der Waals surface area contributed by atoms with Crippen molar-refractivity contribution in [2.45, 2.75) is 13.3 Å². The molecule has 22 heavy (non-hydrogen) atoms. The van der Waals surface area contributed by atoms with Crippen molar-refractivity contribution in [3.63, 3.8) is 0 Å². The molecule has 0 saturated heterocycles. The third-order valence-electron chi connectivity index (χ3n) is 3.04. The number of rotatable bonds is 5. The summed E-state index contributed by atoms with van der Waals surface area (Å²) in [6.07, 6.45) is 0.709. The van der Waals surface area contributed by atoms with Gasteiger partial charge in [-0.15, -0.1) is 0 Å². The Labute approximate surface area is 133 Å². The van der Waals surface area contributed by atoms with Crippen LogP contribution in [-0.2, 0) is 6.42 Å². The number of halogens is 1. The first-order valence-electron chi connectivity index (χ1n) is 6.92. The second-order valence-corrected chi connectivity index (χ2v) is 5.16. The summed E-state index contributed by atoms with van der Waals surface area (Å²) in [6, 6.07) is 11.6. The maximum Gasteiger partial charge on any atom is 0.181 e. The van der Waals surface area contributed by atoms with Crippen LogP contribution in [0.1, 0.15) is 11.6 Å². The molecule has 0 saturated carbocycles. The van der Waals surface area contributed by atoms with Crippen LogP contribution in [0.5, 0.6) is 0 Å². The summed E-state index contributed by atoms with van der Waals surface area (Å²) in [4.78, 5) is 12.8. The molecule has 3 aromatic rings. The van der Waals surface area contributed by atoms with Crippen molar-refractivity contribution >= 4 is 17.4 Å². The van der Waals surface area contributed by atoms with Crippen LogP contribution < -0.4 is 5.32 Å². The van der Waals surface area contributed by atoms with Crippen LogP contribution in [0.4, 0.5) is 5.82 Å². The van der Waals surface area contributed by atoms with E-state index in [4.69, 9.17) is 11.6 Å². The number of hydrogen-bond acceptors (Lipinski definition) is 5. The van der Waals surface area contributed by atoms with Gasteiger partial charge in [0.05, 0.1) is 0 Å². The molecular formula is C15H15ClN6. The van der Waals surface area contributed by atoms with E-state index < -0.39 is 0 Å². The normalized spacial score (nSPS) is 10.6. The third-order valence-corrected chi connectivity index (χ3v) is 3.23. The highest BCUT2D eigenvalue weighted by molar-refractivity contribution is 6.29. The molecule has 0 amide bonds. The van der Waals surface area contributed by atoms with Gasteiger partial charge < -0.3 is 5.32 Å². The van der Waals surface area contributed by atoms with Crippen LogP contribution in [0.15, 0.2) is 36.4 Å². The van der Waals surface area contributed by atoms with Crippen molar-refractivity contribution in [3.05, 3.63) is 53.2 Å². The average molecular weight is 315 g/mol. The zero-order valence-electron chi connectivity index (χ0n) is 12.0. The van der Waals surface area contributed by atoms with Gasteiger partial charge in [0.25, 0.3) is 0 Å². The fourth-order valence-corrected chi connectivity index (χ4v) is 2.28. The van der Waals surface area contributed by atoms with E-state index in [1.807, 2.05) is 30.3 Å². The first-order chi connectivity index (χ1) is 10.7. The van der Waals surface area contributed by atoms with E-state index in [0.717, 1.165) is 11.4 Å². The Morgan fingerprint density at radius 2 is 1.95 bits per heavy atom. The lowest BCUT2D eigenvalue weighted by atomic mass is 10.2. The van der Waals surface area contributed by atoms with Crippen LogP contribution in [0.2, 0.25) is 5.15 Å². The molecule has 2 heterocycles. The molecule has 0 bridgehead atoms. The molecular weight excluding hydrogens is 300 g/mol. The molecule has 0 aliphatic heterocycles. The molecule has 0 atom stereocenters. The van der Waals surface area contributed by atoms with E-state index in [1.54, 1.807) is 13.0 Å². The van der Waals surface area contributed by atoms with Crippen LogP contribution in [0, 0.1) is 6.92 Å². The van der Waals surface area contributed by atoms with Gasteiger partial charge in [0.15, 0.2) is 5.82 Å². The standard InChI is InChI=1S/C15H15ClN6/c1-10-18-12(16)9-14(19-10)17-8-7-13-20-15(22-21-13)11-5-3-2-4-6-11/h2-6,9H,7-8H2,1H3,(H,17,18,19)(H,20,21,22). The zero-order chi connectivity index (χ0) is 15.4. The van der Waals surface area contributed by atoms with Crippen molar-refractivity contribution in [1.29, 1.82) is 0 Å². The topological polar surface area (TPSA) is 79.4 Å². The number of anilines is 1. The molecule has 0 aliphatic rings. The molecule has 2 aromatic heterocycles. The first-order valence-corrected chi connectivity index (χ1v) is 7.30. The van der Waals surface area contributed by atoms with Crippen LogP contribution in [0.3, 0.4) is 0 Å². The van der Waals surface area contributed by atoms with E-state index in [0.29, 0.717) is 35.6 Å². The van der Waals surface area contributed by atoms with E-state index >= 15 is 0 Å². The number of aromatic amines is 1. The molecule has 2 N–H and O–H groups in total. The number of nitrogens with one attached hydrogen (secondary N) is 2. The fourth-order valence-electron chi connectivity index (χ4n) is 2.05. The maximum absolute atomic E-state index is 5.90. The van der Waals surface area contributed by atoms with Gasteiger partial charge in [0.1, 0.15) is 22.6 Å². The first kappa shape index (κ1) is 14.5. The van der Waals surface area contributed by atoms with Crippen molar-refractivity contribution < 1.29 is 0 Å². The predicted molar refractivity (Wildman–Crippen MR) is 85.8 cm³/mol. The van der Waals surface area contributed by atoms with Gasteiger partial charge in [-0.2, -0.15) is 5.10 Å². The lowest BCUT2D eigenvalue weighted by molar-refractivity contribution is 0.893. The van der Waals surface area contributed by atoms with Gasteiger partial charge in [0.2, 0.25) is 0 Å². The summed E-state index contributed by atoms with van der Waals surface area (Å²) in [7, 11) is 0. The van der Waals surface area contributed by atoms with Crippen molar-refractivity contribution in [2.75, 3.05) is 11.9 Å². The SMILES string of the molecule is Cc1nc(Cl)cc(NCCc2nc(-c3ccccc3)n[nH]2)n1. The zero-order valence-corrected chi connectivity index (χ0v) is 12.8. The minimum absolute atomic E-state index is 0.432. The van der Waals surface area contributed by atoms with E-state index in [2.05, 4.69) is 30.5 Å². The van der Waals surface area contributed by atoms with Crippen molar-refractivity contribution in [3.8, 4) is 11.4 Å². The Hall–Kier alpha value is -2.47. The summed E-state index contributed by atoms with van der Waals surface area (Å²) < 4.78 is 0. The quantitative estimate of drug-likeness (QED) is 0.708. The molecule has 0 fully saturated rings. The van der Waals surface area contributed by atoms with Gasteiger partial charge in [-0.3, -0.25) is 5.10 Å². The number of benzene rings is 1. The van der Waals surface area contributed by atoms with Crippen LogP contribution in [-0.4, -0.2) is 31.7 Å². The predicted octanol–water partition coefficient (Wildman–Crippen LogP) is 2.88. The Bertz CT molecular complexity index is 735. The monoisotopic (exact) mass is 314 g/mol. The number of H-pyrrole nitrogens is 1. The third kappa shape index (κ3) is 3.59. The van der Waals surface area contributed by atoms with Gasteiger partial charge in [0, 0.05) is 24.6 Å². The van der Waals surface area contributed by atoms with Gasteiger partial charge in [-0.25, -0.2) is 15.0 Å². The summed E-state index contributed by atoms with van der Waals surface area (Å²) in [6.45, 7) is 2.48. The van der Waals surface area contributed by atoms with Crippen LogP contribution >= 0.6 is 11.6 Å². The molecule has 0 radical (unpaired) electrons. The lowest BCUT2D eigenvalue weighted by Crippen LogP contribution is -2.08. The van der Waals surface area contributed by atoms with E-state index in [9.17, 15) is 0 Å². The van der Waals surface area contributed by atoms with Crippen molar-refractivity contribution in [2.24, 2.45) is 0 Å². The highest BCUT2D eigenvalue weighted by Crippen LogP contribution is 2.14. The Balaban J connectivity index is 1.59. The molecule has 0 aliphatic carbocycles. The minimum atomic E-state index is 0.432. The smallest absolute Gasteiger partial charge is 0.181 e. The molecule has 6 nitrogen and oxygen atoms in total. The van der Waals surface area contributed by atoms with Crippen molar-refractivity contribution in [1.82, 2.24) is 25.1 Å². The molecule has 7 heteroatoms. The van der Waals surface area contributed by atoms with E-state index in [-0.39, 0.29) is 0 Å². The fraction of sp³-hybridized carbons (Fsp3) is 0.200. The molecule has 0 spiro atoms. The minimum Gasteiger partial charge on any atom is -0.369 e. The number of hydrogen-bond donors (Lipinski definition) is 2. The largest absolute Gasteiger partial charge is 0.369 e. The Morgan fingerprint density at radius 3 is 2.73 bits per heavy atom. The van der Waals surface area contributed by atoms with Gasteiger partial charge in [-0.05, 0) is 6.92 Å². The second-order valence-electron chi connectivity index (χ2n) is 4.77. The number of aryl methyl sites for hydroxylation is 1. The van der Waals surface area contributed by atoms with E-state index in [1.165, 1.54) is 0 Å². The molecule has 112 valence electrons. The summed E-state index contributed by atoms with van der Waals surface area (Å²) in [5.74, 6) is 2.88. The molecule has 3 rings (SSSR count). The highest BCUT2D eigenvalue weighted by atomic mass is 35.5. The Morgan fingerprint density at radius 1 is 1.14 bits per heavy atom. The molecule has 1 aromatic carbocycles.